The number of rotatable bonds is 1. The van der Waals surface area contributed by atoms with Crippen LogP contribution in [0.3, 0.4) is 0 Å². The molecule has 1 saturated heterocycles. The molecule has 1 aliphatic rings. The van der Waals surface area contributed by atoms with Gasteiger partial charge in [-0.15, -0.1) is 12.4 Å². The Bertz CT molecular complexity index is 90.4. The number of nitrogens with one attached hydrogen (secondary N) is 1. The molecule has 8 heavy (non-hydrogen) atoms. The average molecular weight is 136 g/mol. The van der Waals surface area contributed by atoms with Crippen molar-refractivity contribution < 1.29 is 4.79 Å². The second kappa shape index (κ2) is 3.05. The number of ketones is 1. The second-order valence-electron chi connectivity index (χ2n) is 1.97. The minimum atomic E-state index is 0. The van der Waals surface area contributed by atoms with Crippen molar-refractivity contribution in [2.75, 3.05) is 13.1 Å². The van der Waals surface area contributed by atoms with E-state index in [4.69, 9.17) is 0 Å². The van der Waals surface area contributed by atoms with Crippen molar-refractivity contribution in [2.45, 2.75) is 6.92 Å². The van der Waals surface area contributed by atoms with Gasteiger partial charge in [-0.1, -0.05) is 0 Å². The second-order valence-corrected chi connectivity index (χ2v) is 1.97. The number of halogens is 1. The van der Waals surface area contributed by atoms with Crippen LogP contribution in [-0.2, 0) is 4.79 Å². The lowest BCUT2D eigenvalue weighted by Crippen LogP contribution is -2.45. The van der Waals surface area contributed by atoms with E-state index in [1.165, 1.54) is 0 Å². The molecule has 0 saturated carbocycles. The fraction of sp³-hybridized carbons (Fsp3) is 0.800. The highest BCUT2D eigenvalue weighted by atomic mass is 35.5. The highest BCUT2D eigenvalue weighted by Gasteiger charge is 2.20. The summed E-state index contributed by atoms with van der Waals surface area (Å²) in [5, 5.41) is 3.02. The maximum atomic E-state index is 10.4. The van der Waals surface area contributed by atoms with Crippen LogP contribution in [-0.4, -0.2) is 18.9 Å². The van der Waals surface area contributed by atoms with E-state index in [-0.39, 0.29) is 12.4 Å². The molecular formula is C5H10ClNO. The van der Waals surface area contributed by atoms with Gasteiger partial charge in [0, 0.05) is 19.0 Å². The molecule has 48 valence electrons. The Labute approximate surface area is 55.1 Å². The Kier molecular flexibility index (Phi) is 3.02. The summed E-state index contributed by atoms with van der Waals surface area (Å²) in [5.41, 5.74) is 0. The minimum absolute atomic E-state index is 0. The van der Waals surface area contributed by atoms with Crippen LogP contribution in [0.25, 0.3) is 0 Å². The van der Waals surface area contributed by atoms with Crippen LogP contribution in [0.15, 0.2) is 0 Å². The highest BCUT2D eigenvalue weighted by Crippen LogP contribution is 2.01. The van der Waals surface area contributed by atoms with Crippen LogP contribution in [0.5, 0.6) is 0 Å². The van der Waals surface area contributed by atoms with Gasteiger partial charge in [0.2, 0.25) is 0 Å². The van der Waals surface area contributed by atoms with Gasteiger partial charge in [-0.05, 0) is 6.92 Å². The third kappa shape index (κ3) is 1.46. The first-order valence-corrected chi connectivity index (χ1v) is 2.52. The van der Waals surface area contributed by atoms with Crippen LogP contribution in [0.1, 0.15) is 6.92 Å². The number of hydrogen-bond donors (Lipinski definition) is 1. The topological polar surface area (TPSA) is 29.1 Å². The molecule has 0 aromatic heterocycles. The van der Waals surface area contributed by atoms with Crippen molar-refractivity contribution in [1.29, 1.82) is 0 Å². The summed E-state index contributed by atoms with van der Waals surface area (Å²) >= 11 is 0. The summed E-state index contributed by atoms with van der Waals surface area (Å²) in [6, 6.07) is 0. The number of Topliss-reactive ketones (excluding diaryl/α,β-unsaturated/α-hetero) is 1. The predicted octanol–water partition coefficient (Wildman–Crippen LogP) is 0.217. The number of carbonyl (C=O) groups is 1. The normalized spacial score (nSPS) is 18.6. The van der Waals surface area contributed by atoms with Crippen LogP contribution < -0.4 is 5.32 Å². The molecule has 0 bridgehead atoms. The van der Waals surface area contributed by atoms with E-state index in [0.717, 1.165) is 13.1 Å². The van der Waals surface area contributed by atoms with E-state index in [0.29, 0.717) is 11.7 Å². The molecule has 1 rings (SSSR count). The maximum Gasteiger partial charge on any atom is 0.135 e. The van der Waals surface area contributed by atoms with Crippen molar-refractivity contribution in [2.24, 2.45) is 5.92 Å². The number of hydrogen-bond acceptors (Lipinski definition) is 2. The van der Waals surface area contributed by atoms with E-state index in [1.54, 1.807) is 6.92 Å². The molecule has 3 heteroatoms. The van der Waals surface area contributed by atoms with Gasteiger partial charge >= 0.3 is 0 Å². The van der Waals surface area contributed by atoms with Gasteiger partial charge in [-0.2, -0.15) is 0 Å². The Balaban J connectivity index is 0.000000490. The summed E-state index contributed by atoms with van der Waals surface area (Å²) in [7, 11) is 0. The van der Waals surface area contributed by atoms with E-state index >= 15 is 0 Å². The zero-order chi connectivity index (χ0) is 5.28. The first kappa shape index (κ1) is 7.92. The SMILES string of the molecule is CC(=O)C1CNC1.Cl. The fourth-order valence-electron chi connectivity index (χ4n) is 0.576. The van der Waals surface area contributed by atoms with Crippen LogP contribution in [0.4, 0.5) is 0 Å². The van der Waals surface area contributed by atoms with E-state index in [1.807, 2.05) is 0 Å². The molecule has 1 heterocycles. The van der Waals surface area contributed by atoms with Crippen molar-refractivity contribution in [3.05, 3.63) is 0 Å². The Hall–Kier alpha value is -0.0800. The highest BCUT2D eigenvalue weighted by molar-refractivity contribution is 5.85. The van der Waals surface area contributed by atoms with Gasteiger partial charge in [0.25, 0.3) is 0 Å². The molecule has 0 atom stereocenters. The minimum Gasteiger partial charge on any atom is -0.315 e. The molecule has 0 spiro atoms. The predicted molar refractivity (Wildman–Crippen MR) is 34.3 cm³/mol. The molecule has 1 aliphatic heterocycles. The van der Waals surface area contributed by atoms with Gasteiger partial charge in [-0.25, -0.2) is 0 Å². The standard InChI is InChI=1S/C5H9NO.ClH/c1-4(7)5-2-6-3-5;/h5-6H,2-3H2,1H3;1H. The molecule has 0 aromatic rings. The summed E-state index contributed by atoms with van der Waals surface area (Å²) < 4.78 is 0. The van der Waals surface area contributed by atoms with Gasteiger partial charge in [0.1, 0.15) is 5.78 Å². The molecule has 0 amide bonds. The molecule has 1 N–H and O–H groups in total. The largest absolute Gasteiger partial charge is 0.315 e. The van der Waals surface area contributed by atoms with E-state index in [9.17, 15) is 4.79 Å². The van der Waals surface area contributed by atoms with Crippen molar-refractivity contribution in [3.63, 3.8) is 0 Å². The summed E-state index contributed by atoms with van der Waals surface area (Å²) in [5.74, 6) is 0.652. The monoisotopic (exact) mass is 135 g/mol. The van der Waals surface area contributed by atoms with Gasteiger partial charge in [0.15, 0.2) is 0 Å². The maximum absolute atomic E-state index is 10.4. The van der Waals surface area contributed by atoms with E-state index < -0.39 is 0 Å². The third-order valence-electron chi connectivity index (χ3n) is 1.36. The molecule has 1 fully saturated rings. The Morgan fingerprint density at radius 1 is 1.62 bits per heavy atom. The zero-order valence-corrected chi connectivity index (χ0v) is 5.62. The molecule has 2 nitrogen and oxygen atoms in total. The Morgan fingerprint density at radius 3 is 2.12 bits per heavy atom. The van der Waals surface area contributed by atoms with Gasteiger partial charge in [0.05, 0.1) is 0 Å². The smallest absolute Gasteiger partial charge is 0.135 e. The van der Waals surface area contributed by atoms with Gasteiger partial charge < -0.3 is 5.32 Å². The average Bonchev–Trinajstić information content (AvgIpc) is 1.23. The fourth-order valence-corrected chi connectivity index (χ4v) is 0.576. The Morgan fingerprint density at radius 2 is 2.12 bits per heavy atom. The lowest BCUT2D eigenvalue weighted by atomic mass is 10.00. The molecule has 0 aliphatic carbocycles. The van der Waals surface area contributed by atoms with Crippen LogP contribution in [0, 0.1) is 5.92 Å². The number of carbonyl (C=O) groups excluding carboxylic acids is 1. The van der Waals surface area contributed by atoms with Crippen molar-refractivity contribution in [1.82, 2.24) is 5.32 Å². The van der Waals surface area contributed by atoms with Gasteiger partial charge in [-0.3, -0.25) is 4.79 Å². The van der Waals surface area contributed by atoms with Crippen LogP contribution in [0.2, 0.25) is 0 Å². The first-order chi connectivity index (χ1) is 3.30. The van der Waals surface area contributed by atoms with Crippen molar-refractivity contribution in [3.8, 4) is 0 Å². The molecular weight excluding hydrogens is 126 g/mol. The lowest BCUT2D eigenvalue weighted by Gasteiger charge is -2.23. The van der Waals surface area contributed by atoms with Crippen molar-refractivity contribution >= 4 is 18.2 Å². The molecule has 0 aromatic carbocycles. The summed E-state index contributed by atoms with van der Waals surface area (Å²) in [4.78, 5) is 10.4. The quantitative estimate of drug-likeness (QED) is 0.557. The zero-order valence-electron chi connectivity index (χ0n) is 4.81. The first-order valence-electron chi connectivity index (χ1n) is 2.52. The van der Waals surface area contributed by atoms with E-state index in [2.05, 4.69) is 5.32 Å². The summed E-state index contributed by atoms with van der Waals surface area (Å²) in [6.07, 6.45) is 0. The molecule has 0 unspecified atom stereocenters. The summed E-state index contributed by atoms with van der Waals surface area (Å²) in [6.45, 7) is 3.44. The van der Waals surface area contributed by atoms with Crippen LogP contribution >= 0.6 is 12.4 Å². The third-order valence-corrected chi connectivity index (χ3v) is 1.36. The lowest BCUT2D eigenvalue weighted by molar-refractivity contribution is -0.122. The molecule has 0 radical (unpaired) electrons.